The molecular formula is C19H17ClFNO3. The van der Waals surface area contributed by atoms with E-state index in [-0.39, 0.29) is 25.0 Å². The molecule has 1 aliphatic heterocycles. The van der Waals surface area contributed by atoms with Crippen LogP contribution in [0, 0.1) is 5.82 Å². The quantitative estimate of drug-likeness (QED) is 0.725. The maximum Gasteiger partial charge on any atom is 0.231 e. The van der Waals surface area contributed by atoms with Gasteiger partial charge in [-0.05, 0) is 42.0 Å². The van der Waals surface area contributed by atoms with Gasteiger partial charge in [0.1, 0.15) is 17.3 Å². The number of hydrogen-bond donors (Lipinski definition) is 1. The van der Waals surface area contributed by atoms with E-state index in [1.165, 1.54) is 6.07 Å². The molecule has 1 aromatic heterocycles. The first-order valence-corrected chi connectivity index (χ1v) is 7.72. The molecular weight excluding hydrogens is 345 g/mol. The first kappa shape index (κ1) is 17.3. The predicted octanol–water partition coefficient (Wildman–Crippen LogP) is 4.53. The Balaban J connectivity index is 0.00000182. The second-order valence-electron chi connectivity index (χ2n) is 5.54. The van der Waals surface area contributed by atoms with Gasteiger partial charge < -0.3 is 19.2 Å². The zero-order chi connectivity index (χ0) is 16.4. The minimum atomic E-state index is -0.285. The van der Waals surface area contributed by atoms with Gasteiger partial charge in [0, 0.05) is 6.54 Å². The van der Waals surface area contributed by atoms with Crippen molar-refractivity contribution in [1.29, 1.82) is 0 Å². The number of benzene rings is 2. The standard InChI is InChI=1S/C19H16FNO3.ClH/c20-16-4-2-1-3-15(16)17-8-6-14(24-17)11-21-10-13-5-7-18-19(9-13)23-12-22-18;/h1-9,21H,10-12H2;1H. The van der Waals surface area contributed by atoms with E-state index < -0.39 is 0 Å². The van der Waals surface area contributed by atoms with Crippen LogP contribution in [0.25, 0.3) is 11.3 Å². The maximum absolute atomic E-state index is 13.8. The van der Waals surface area contributed by atoms with E-state index in [0.717, 1.165) is 22.8 Å². The largest absolute Gasteiger partial charge is 0.460 e. The lowest BCUT2D eigenvalue weighted by Gasteiger charge is -2.04. The van der Waals surface area contributed by atoms with E-state index in [4.69, 9.17) is 13.9 Å². The average Bonchev–Trinajstić information content (AvgIpc) is 3.24. The van der Waals surface area contributed by atoms with Crippen molar-refractivity contribution in [2.75, 3.05) is 6.79 Å². The molecule has 0 unspecified atom stereocenters. The van der Waals surface area contributed by atoms with Crippen molar-refractivity contribution in [2.24, 2.45) is 0 Å². The summed E-state index contributed by atoms with van der Waals surface area (Å²) in [5.41, 5.74) is 1.57. The van der Waals surface area contributed by atoms with Gasteiger partial charge in [-0.3, -0.25) is 0 Å². The van der Waals surface area contributed by atoms with E-state index in [0.29, 0.717) is 24.4 Å². The molecule has 0 aliphatic carbocycles. The highest BCUT2D eigenvalue weighted by Crippen LogP contribution is 2.32. The molecule has 0 fully saturated rings. The number of ether oxygens (including phenoxy) is 2. The number of rotatable bonds is 5. The molecule has 1 N–H and O–H groups in total. The Morgan fingerprint density at radius 2 is 1.76 bits per heavy atom. The Labute approximate surface area is 151 Å². The van der Waals surface area contributed by atoms with Gasteiger partial charge >= 0.3 is 0 Å². The Kier molecular flexibility index (Phi) is 5.26. The molecule has 6 heteroatoms. The van der Waals surface area contributed by atoms with Crippen LogP contribution in [0.2, 0.25) is 0 Å². The third-order valence-electron chi connectivity index (χ3n) is 3.87. The van der Waals surface area contributed by atoms with Crippen molar-refractivity contribution >= 4 is 12.4 Å². The molecule has 4 rings (SSSR count). The molecule has 0 spiro atoms. The molecule has 1 aliphatic rings. The van der Waals surface area contributed by atoms with Gasteiger partial charge in [0.25, 0.3) is 0 Å². The molecule has 0 saturated heterocycles. The fourth-order valence-corrected chi connectivity index (χ4v) is 2.66. The van der Waals surface area contributed by atoms with Crippen LogP contribution in [0.4, 0.5) is 4.39 Å². The molecule has 2 aromatic carbocycles. The number of nitrogens with one attached hydrogen (secondary N) is 1. The number of hydrogen-bond acceptors (Lipinski definition) is 4. The summed E-state index contributed by atoms with van der Waals surface area (Å²) in [6.07, 6.45) is 0. The molecule has 25 heavy (non-hydrogen) atoms. The molecule has 0 amide bonds. The summed E-state index contributed by atoms with van der Waals surface area (Å²) in [6, 6.07) is 16.1. The smallest absolute Gasteiger partial charge is 0.231 e. The van der Waals surface area contributed by atoms with Crippen molar-refractivity contribution in [2.45, 2.75) is 13.1 Å². The third kappa shape index (κ3) is 3.78. The van der Waals surface area contributed by atoms with Crippen LogP contribution < -0.4 is 14.8 Å². The van der Waals surface area contributed by atoms with E-state index in [2.05, 4.69) is 5.32 Å². The molecule has 130 valence electrons. The van der Waals surface area contributed by atoms with Crippen LogP contribution in [0.15, 0.2) is 59.0 Å². The topological polar surface area (TPSA) is 43.6 Å². The van der Waals surface area contributed by atoms with Gasteiger partial charge in [-0.1, -0.05) is 18.2 Å². The minimum Gasteiger partial charge on any atom is -0.460 e. The normalized spacial score (nSPS) is 12.0. The van der Waals surface area contributed by atoms with E-state index in [1.807, 2.05) is 24.3 Å². The number of fused-ring (bicyclic) bond motifs is 1. The van der Waals surface area contributed by atoms with Gasteiger partial charge in [-0.15, -0.1) is 12.4 Å². The van der Waals surface area contributed by atoms with E-state index in [1.54, 1.807) is 24.3 Å². The molecule has 3 aromatic rings. The monoisotopic (exact) mass is 361 g/mol. The highest BCUT2D eigenvalue weighted by molar-refractivity contribution is 5.85. The lowest BCUT2D eigenvalue weighted by atomic mass is 10.1. The Hall–Kier alpha value is -2.50. The number of furan rings is 1. The van der Waals surface area contributed by atoms with Crippen molar-refractivity contribution in [3.8, 4) is 22.8 Å². The maximum atomic E-state index is 13.8. The lowest BCUT2D eigenvalue weighted by molar-refractivity contribution is 0.174. The van der Waals surface area contributed by atoms with E-state index in [9.17, 15) is 4.39 Å². The highest BCUT2D eigenvalue weighted by atomic mass is 35.5. The third-order valence-corrected chi connectivity index (χ3v) is 3.87. The van der Waals surface area contributed by atoms with Crippen LogP contribution in [-0.2, 0) is 13.1 Å². The summed E-state index contributed by atoms with van der Waals surface area (Å²) in [5.74, 6) is 2.56. The van der Waals surface area contributed by atoms with Crippen molar-refractivity contribution < 1.29 is 18.3 Å². The Morgan fingerprint density at radius 1 is 0.920 bits per heavy atom. The fourth-order valence-electron chi connectivity index (χ4n) is 2.66. The van der Waals surface area contributed by atoms with Crippen LogP contribution in [-0.4, -0.2) is 6.79 Å². The van der Waals surface area contributed by atoms with Gasteiger partial charge in [0.2, 0.25) is 6.79 Å². The fraction of sp³-hybridized carbons (Fsp3) is 0.158. The molecule has 4 nitrogen and oxygen atoms in total. The summed E-state index contributed by atoms with van der Waals surface area (Å²) >= 11 is 0. The Bertz CT molecular complexity index is 865. The summed E-state index contributed by atoms with van der Waals surface area (Å²) in [6.45, 7) is 1.51. The van der Waals surface area contributed by atoms with Crippen LogP contribution in [0.3, 0.4) is 0 Å². The summed E-state index contributed by atoms with van der Waals surface area (Å²) in [4.78, 5) is 0. The van der Waals surface area contributed by atoms with Crippen LogP contribution in [0.5, 0.6) is 11.5 Å². The molecule has 0 radical (unpaired) electrons. The summed E-state index contributed by atoms with van der Waals surface area (Å²) in [5, 5.41) is 3.30. The molecule has 0 atom stereocenters. The van der Waals surface area contributed by atoms with Crippen molar-refractivity contribution in [1.82, 2.24) is 5.32 Å². The molecule has 2 heterocycles. The van der Waals surface area contributed by atoms with Crippen molar-refractivity contribution in [3.63, 3.8) is 0 Å². The first-order valence-electron chi connectivity index (χ1n) is 7.72. The van der Waals surface area contributed by atoms with Gasteiger partial charge in [-0.2, -0.15) is 0 Å². The van der Waals surface area contributed by atoms with Crippen LogP contribution in [0.1, 0.15) is 11.3 Å². The zero-order valence-corrected chi connectivity index (χ0v) is 14.1. The van der Waals surface area contributed by atoms with Gasteiger partial charge in [0.05, 0.1) is 12.1 Å². The second kappa shape index (κ2) is 7.59. The SMILES string of the molecule is Cl.Fc1ccccc1-c1ccc(CNCc2ccc3c(c2)OCO3)o1. The van der Waals surface area contributed by atoms with E-state index >= 15 is 0 Å². The average molecular weight is 362 g/mol. The van der Waals surface area contributed by atoms with Gasteiger partial charge in [-0.25, -0.2) is 4.39 Å². The molecule has 0 saturated carbocycles. The summed E-state index contributed by atoms with van der Waals surface area (Å²) in [7, 11) is 0. The highest BCUT2D eigenvalue weighted by Gasteiger charge is 2.13. The second-order valence-corrected chi connectivity index (χ2v) is 5.54. The zero-order valence-electron chi connectivity index (χ0n) is 13.3. The predicted molar refractivity (Wildman–Crippen MR) is 94.5 cm³/mol. The Morgan fingerprint density at radius 3 is 2.64 bits per heavy atom. The lowest BCUT2D eigenvalue weighted by Crippen LogP contribution is -2.11. The van der Waals surface area contributed by atoms with Crippen LogP contribution >= 0.6 is 12.4 Å². The summed E-state index contributed by atoms with van der Waals surface area (Å²) < 4.78 is 30.1. The minimum absolute atomic E-state index is 0. The van der Waals surface area contributed by atoms with Crippen molar-refractivity contribution in [3.05, 3.63) is 71.7 Å². The number of halogens is 2. The first-order chi connectivity index (χ1) is 11.8. The molecule has 0 bridgehead atoms. The van der Waals surface area contributed by atoms with Gasteiger partial charge in [0.15, 0.2) is 11.5 Å².